The zero-order valence-corrected chi connectivity index (χ0v) is 15.7. The molecule has 1 fully saturated rings. The predicted octanol–water partition coefficient (Wildman–Crippen LogP) is 3.84. The van der Waals surface area contributed by atoms with Gasteiger partial charge < -0.3 is 10.3 Å². The summed E-state index contributed by atoms with van der Waals surface area (Å²) in [6.45, 7) is 4.11. The number of nitrogens with one attached hydrogen (secondary N) is 2. The first-order valence-corrected chi connectivity index (χ1v) is 9.33. The van der Waals surface area contributed by atoms with Gasteiger partial charge in [-0.2, -0.15) is 4.39 Å². The number of pyridine rings is 1. The molecule has 0 unspecified atom stereocenters. The fraction of sp³-hybridized carbons (Fsp3) is 0.400. The number of ketones is 1. The minimum absolute atomic E-state index is 0.111. The number of aromatic nitrogens is 4. The van der Waals surface area contributed by atoms with E-state index in [2.05, 4.69) is 25.3 Å². The summed E-state index contributed by atoms with van der Waals surface area (Å²) in [5.74, 6) is -0.629. The SMILES string of the molecule is CCNc1ncnc2[nH]cc(C(=O)c3ccc(CC4CC(C)(F)C4)nc3F)c12. The Morgan fingerprint density at radius 1 is 1.32 bits per heavy atom. The molecule has 6 nitrogen and oxygen atoms in total. The van der Waals surface area contributed by atoms with Crippen molar-refractivity contribution in [3.05, 3.63) is 47.4 Å². The first kappa shape index (κ1) is 18.5. The second-order valence-corrected chi connectivity index (χ2v) is 7.54. The Morgan fingerprint density at radius 2 is 2.11 bits per heavy atom. The van der Waals surface area contributed by atoms with Gasteiger partial charge in [-0.15, -0.1) is 0 Å². The lowest BCUT2D eigenvalue weighted by molar-refractivity contribution is 0.0253. The van der Waals surface area contributed by atoms with Crippen LogP contribution in [0.15, 0.2) is 24.7 Å². The van der Waals surface area contributed by atoms with Crippen LogP contribution in [0, 0.1) is 11.9 Å². The van der Waals surface area contributed by atoms with Crippen molar-refractivity contribution in [3.63, 3.8) is 0 Å². The summed E-state index contributed by atoms with van der Waals surface area (Å²) in [7, 11) is 0. The van der Waals surface area contributed by atoms with Crippen LogP contribution >= 0.6 is 0 Å². The van der Waals surface area contributed by atoms with Gasteiger partial charge in [0.15, 0.2) is 5.78 Å². The summed E-state index contributed by atoms with van der Waals surface area (Å²) in [5, 5.41) is 3.61. The number of alkyl halides is 1. The Balaban J connectivity index is 1.61. The number of H-pyrrole nitrogens is 1. The normalized spacial score (nSPS) is 21.5. The molecule has 146 valence electrons. The van der Waals surface area contributed by atoms with E-state index < -0.39 is 17.4 Å². The molecule has 1 aliphatic carbocycles. The molecule has 0 aromatic carbocycles. The molecule has 0 bridgehead atoms. The van der Waals surface area contributed by atoms with Gasteiger partial charge in [0.1, 0.15) is 23.5 Å². The van der Waals surface area contributed by atoms with E-state index in [-0.39, 0.29) is 17.0 Å². The van der Waals surface area contributed by atoms with Gasteiger partial charge in [-0.3, -0.25) is 4.79 Å². The molecule has 0 aliphatic heterocycles. The Hall–Kier alpha value is -2.90. The molecule has 3 aromatic heterocycles. The molecule has 0 amide bonds. The molecule has 28 heavy (non-hydrogen) atoms. The van der Waals surface area contributed by atoms with Crippen LogP contribution in [0.4, 0.5) is 14.6 Å². The minimum Gasteiger partial charge on any atom is -0.370 e. The maximum Gasteiger partial charge on any atom is 0.224 e. The smallest absolute Gasteiger partial charge is 0.224 e. The van der Waals surface area contributed by atoms with Crippen molar-refractivity contribution in [2.24, 2.45) is 5.92 Å². The molecular formula is C20H21F2N5O. The molecule has 2 N–H and O–H groups in total. The highest BCUT2D eigenvalue weighted by Crippen LogP contribution is 2.42. The van der Waals surface area contributed by atoms with Gasteiger partial charge in [0.2, 0.25) is 5.95 Å². The zero-order chi connectivity index (χ0) is 19.9. The van der Waals surface area contributed by atoms with Gasteiger partial charge in [0, 0.05) is 18.4 Å². The van der Waals surface area contributed by atoms with Gasteiger partial charge in [-0.05, 0) is 51.2 Å². The van der Waals surface area contributed by atoms with Crippen molar-refractivity contribution < 1.29 is 13.6 Å². The minimum atomic E-state index is -1.12. The van der Waals surface area contributed by atoms with Crippen molar-refractivity contribution in [2.75, 3.05) is 11.9 Å². The topological polar surface area (TPSA) is 83.6 Å². The van der Waals surface area contributed by atoms with E-state index in [0.717, 1.165) is 0 Å². The monoisotopic (exact) mass is 385 g/mol. The van der Waals surface area contributed by atoms with Crippen LogP contribution in [0.25, 0.3) is 11.0 Å². The highest BCUT2D eigenvalue weighted by Gasteiger charge is 2.40. The zero-order valence-electron chi connectivity index (χ0n) is 15.7. The number of anilines is 1. The molecule has 0 saturated heterocycles. The fourth-order valence-electron chi connectivity index (χ4n) is 3.93. The largest absolute Gasteiger partial charge is 0.370 e. The Kier molecular flexibility index (Phi) is 4.56. The number of hydrogen-bond acceptors (Lipinski definition) is 5. The van der Waals surface area contributed by atoms with E-state index in [1.165, 1.54) is 18.6 Å². The second kappa shape index (κ2) is 6.92. The van der Waals surface area contributed by atoms with Crippen LogP contribution in [0.2, 0.25) is 0 Å². The van der Waals surface area contributed by atoms with Crippen LogP contribution in [0.3, 0.4) is 0 Å². The lowest BCUT2D eigenvalue weighted by Gasteiger charge is -2.38. The Labute approximate surface area is 160 Å². The molecule has 1 aliphatic rings. The van der Waals surface area contributed by atoms with Crippen LogP contribution in [0.5, 0.6) is 0 Å². The first-order chi connectivity index (χ1) is 13.4. The number of rotatable bonds is 6. The lowest BCUT2D eigenvalue weighted by atomic mass is 9.71. The van der Waals surface area contributed by atoms with E-state index in [9.17, 15) is 13.6 Å². The van der Waals surface area contributed by atoms with Crippen molar-refractivity contribution in [1.29, 1.82) is 0 Å². The first-order valence-electron chi connectivity index (χ1n) is 9.33. The van der Waals surface area contributed by atoms with E-state index in [4.69, 9.17) is 0 Å². The summed E-state index contributed by atoms with van der Waals surface area (Å²) in [4.78, 5) is 28.1. The molecule has 3 heterocycles. The Bertz CT molecular complexity index is 1040. The average molecular weight is 385 g/mol. The molecular weight excluding hydrogens is 364 g/mol. The molecule has 0 atom stereocenters. The number of carbonyl (C=O) groups excluding carboxylic acids is 1. The van der Waals surface area contributed by atoms with E-state index in [1.54, 1.807) is 13.0 Å². The third-order valence-corrected chi connectivity index (χ3v) is 5.14. The number of carbonyl (C=O) groups is 1. The van der Waals surface area contributed by atoms with Gasteiger partial charge in [-0.1, -0.05) is 0 Å². The van der Waals surface area contributed by atoms with E-state index in [0.29, 0.717) is 48.4 Å². The quantitative estimate of drug-likeness (QED) is 0.498. The highest BCUT2D eigenvalue weighted by molar-refractivity contribution is 6.17. The molecule has 0 radical (unpaired) electrons. The number of hydrogen-bond donors (Lipinski definition) is 2. The van der Waals surface area contributed by atoms with Crippen LogP contribution < -0.4 is 5.32 Å². The predicted molar refractivity (Wildman–Crippen MR) is 102 cm³/mol. The third kappa shape index (κ3) is 3.34. The third-order valence-electron chi connectivity index (χ3n) is 5.14. The summed E-state index contributed by atoms with van der Waals surface area (Å²) in [6, 6.07) is 3.09. The van der Waals surface area contributed by atoms with Crippen molar-refractivity contribution >= 4 is 22.6 Å². The molecule has 1 saturated carbocycles. The highest BCUT2D eigenvalue weighted by atomic mass is 19.1. The van der Waals surface area contributed by atoms with Crippen molar-refractivity contribution in [2.45, 2.75) is 38.8 Å². The van der Waals surface area contributed by atoms with Gasteiger partial charge in [-0.25, -0.2) is 19.3 Å². The lowest BCUT2D eigenvalue weighted by Crippen LogP contribution is -2.37. The fourth-order valence-corrected chi connectivity index (χ4v) is 3.93. The van der Waals surface area contributed by atoms with E-state index in [1.807, 2.05) is 6.92 Å². The maximum absolute atomic E-state index is 14.6. The van der Waals surface area contributed by atoms with Crippen molar-refractivity contribution in [3.8, 4) is 0 Å². The number of aromatic amines is 1. The van der Waals surface area contributed by atoms with Crippen LogP contribution in [-0.2, 0) is 6.42 Å². The Morgan fingerprint density at radius 3 is 2.79 bits per heavy atom. The molecule has 8 heteroatoms. The number of halogens is 2. The van der Waals surface area contributed by atoms with Gasteiger partial charge in [0.25, 0.3) is 0 Å². The average Bonchev–Trinajstić information content (AvgIpc) is 3.05. The summed E-state index contributed by atoms with van der Waals surface area (Å²) < 4.78 is 28.2. The molecule has 0 spiro atoms. The van der Waals surface area contributed by atoms with Crippen LogP contribution in [-0.4, -0.2) is 37.9 Å². The van der Waals surface area contributed by atoms with Crippen LogP contribution in [0.1, 0.15) is 48.3 Å². The second-order valence-electron chi connectivity index (χ2n) is 7.54. The summed E-state index contributed by atoms with van der Waals surface area (Å²) in [5.41, 5.74) is 0.0802. The van der Waals surface area contributed by atoms with Gasteiger partial charge >= 0.3 is 0 Å². The molecule has 3 aromatic rings. The van der Waals surface area contributed by atoms with Crippen molar-refractivity contribution in [1.82, 2.24) is 19.9 Å². The maximum atomic E-state index is 14.6. The number of nitrogens with zero attached hydrogens (tertiary/aromatic N) is 3. The summed E-state index contributed by atoms with van der Waals surface area (Å²) >= 11 is 0. The standard InChI is InChI=1S/C20H21F2N5O/c1-3-23-18-15-14(9-24-19(15)26-10-25-18)16(28)13-5-4-12(27-17(13)21)6-11-7-20(2,22)8-11/h4-5,9-11H,3,6-8H2,1-2H3,(H2,23,24,25,26). The van der Waals surface area contributed by atoms with E-state index >= 15 is 0 Å². The van der Waals surface area contributed by atoms with Gasteiger partial charge in [0.05, 0.1) is 16.5 Å². The molecule has 4 rings (SSSR count). The summed E-state index contributed by atoms with van der Waals surface area (Å²) in [6.07, 6.45) is 4.33. The number of fused-ring (bicyclic) bond motifs is 1.